The maximum atomic E-state index is 10.5. The summed E-state index contributed by atoms with van der Waals surface area (Å²) in [7, 11) is 0. The Kier molecular flexibility index (Phi) is 13.8. The van der Waals surface area contributed by atoms with Crippen molar-refractivity contribution < 1.29 is 9.90 Å². The number of rotatable bonds is 10. The van der Waals surface area contributed by atoms with E-state index < -0.39 is 5.97 Å². The van der Waals surface area contributed by atoms with Gasteiger partial charge in [0.2, 0.25) is 0 Å². The maximum absolute atomic E-state index is 10.5. The van der Waals surface area contributed by atoms with Crippen LogP contribution in [0.5, 0.6) is 0 Å². The normalized spacial score (nSPS) is 14.4. The fraction of sp³-hybridized carbons (Fsp3) is 0.842. The van der Waals surface area contributed by atoms with Crippen molar-refractivity contribution in [1.82, 2.24) is 0 Å². The predicted molar refractivity (Wildman–Crippen MR) is 93.6 cm³/mol. The fourth-order valence-corrected chi connectivity index (χ4v) is 1.95. The van der Waals surface area contributed by atoms with Crippen LogP contribution in [-0.4, -0.2) is 11.1 Å². The van der Waals surface area contributed by atoms with Crippen LogP contribution < -0.4 is 0 Å². The SMILES string of the molecule is CC.CCC(C)(C)C/C=C\C[C@H](C)[C@@H](C)CCCC(=O)O. The van der Waals surface area contributed by atoms with E-state index in [1.165, 1.54) is 6.42 Å². The lowest BCUT2D eigenvalue weighted by Gasteiger charge is -2.21. The van der Waals surface area contributed by atoms with Crippen molar-refractivity contribution >= 4 is 5.97 Å². The van der Waals surface area contributed by atoms with Crippen molar-refractivity contribution in [2.75, 3.05) is 0 Å². The molecule has 0 aliphatic carbocycles. The highest BCUT2D eigenvalue weighted by atomic mass is 16.4. The molecule has 0 aliphatic rings. The molecule has 2 heteroatoms. The van der Waals surface area contributed by atoms with Gasteiger partial charge in [0.05, 0.1) is 0 Å². The lowest BCUT2D eigenvalue weighted by atomic mass is 9.85. The van der Waals surface area contributed by atoms with E-state index >= 15 is 0 Å². The largest absolute Gasteiger partial charge is 0.481 e. The topological polar surface area (TPSA) is 37.3 Å². The third-order valence-corrected chi connectivity index (χ3v) is 4.32. The molecule has 0 unspecified atom stereocenters. The summed E-state index contributed by atoms with van der Waals surface area (Å²) in [5.41, 5.74) is 0.410. The first kappa shape index (κ1) is 22.5. The minimum absolute atomic E-state index is 0.303. The van der Waals surface area contributed by atoms with Gasteiger partial charge >= 0.3 is 5.97 Å². The van der Waals surface area contributed by atoms with Crippen LogP contribution in [0.3, 0.4) is 0 Å². The van der Waals surface area contributed by atoms with Gasteiger partial charge in [0.25, 0.3) is 0 Å². The standard InChI is InChI=1S/C17H32O2.C2H6/c1-6-17(4,5)13-8-7-10-14(2)15(3)11-9-12-16(18)19;1-2/h7-8,14-15H,6,9-13H2,1-5H3,(H,18,19);1-2H3/b8-7-;/t14-,15-;/m0./s1. The van der Waals surface area contributed by atoms with Gasteiger partial charge in [0.1, 0.15) is 0 Å². The Bertz CT molecular complexity index is 279. The van der Waals surface area contributed by atoms with Gasteiger partial charge < -0.3 is 5.11 Å². The molecule has 2 nitrogen and oxygen atoms in total. The second kappa shape index (κ2) is 12.9. The Labute approximate surface area is 133 Å². The van der Waals surface area contributed by atoms with Crippen LogP contribution in [0.1, 0.15) is 87.0 Å². The fourth-order valence-electron chi connectivity index (χ4n) is 1.95. The van der Waals surface area contributed by atoms with Crippen LogP contribution in [0.25, 0.3) is 0 Å². The zero-order valence-corrected chi connectivity index (χ0v) is 15.4. The van der Waals surface area contributed by atoms with Gasteiger partial charge in [-0.25, -0.2) is 0 Å². The van der Waals surface area contributed by atoms with E-state index in [-0.39, 0.29) is 0 Å². The minimum Gasteiger partial charge on any atom is -0.481 e. The number of carboxylic acid groups (broad SMARTS) is 1. The van der Waals surface area contributed by atoms with Crippen LogP contribution in [0.4, 0.5) is 0 Å². The van der Waals surface area contributed by atoms with E-state index in [0.717, 1.165) is 25.7 Å². The predicted octanol–water partition coefficient (Wildman–Crippen LogP) is 6.31. The Hall–Kier alpha value is -0.790. The first-order valence-electron chi connectivity index (χ1n) is 8.65. The van der Waals surface area contributed by atoms with E-state index in [1.54, 1.807) is 0 Å². The van der Waals surface area contributed by atoms with Gasteiger partial charge in [-0.05, 0) is 42.9 Å². The smallest absolute Gasteiger partial charge is 0.303 e. The van der Waals surface area contributed by atoms with Crippen LogP contribution in [-0.2, 0) is 4.79 Å². The molecule has 126 valence electrons. The molecule has 0 fully saturated rings. The monoisotopic (exact) mass is 298 g/mol. The number of hydrogen-bond donors (Lipinski definition) is 1. The molecule has 0 aromatic heterocycles. The molecule has 0 amide bonds. The molecule has 0 radical (unpaired) electrons. The molecule has 0 saturated heterocycles. The van der Waals surface area contributed by atoms with E-state index in [2.05, 4.69) is 46.8 Å². The van der Waals surface area contributed by atoms with Crippen LogP contribution in [0, 0.1) is 17.3 Å². The lowest BCUT2D eigenvalue weighted by molar-refractivity contribution is -0.137. The van der Waals surface area contributed by atoms with Gasteiger partial charge in [-0.15, -0.1) is 0 Å². The Morgan fingerprint density at radius 2 is 1.71 bits per heavy atom. The van der Waals surface area contributed by atoms with E-state index in [4.69, 9.17) is 5.11 Å². The lowest BCUT2D eigenvalue weighted by Crippen LogP contribution is -2.09. The molecular formula is C19H38O2. The van der Waals surface area contributed by atoms with Crippen LogP contribution >= 0.6 is 0 Å². The molecule has 0 spiro atoms. The molecule has 21 heavy (non-hydrogen) atoms. The maximum Gasteiger partial charge on any atom is 0.303 e. The van der Waals surface area contributed by atoms with Crippen LogP contribution in [0.15, 0.2) is 12.2 Å². The third-order valence-electron chi connectivity index (χ3n) is 4.32. The molecule has 0 aliphatic heterocycles. The van der Waals surface area contributed by atoms with E-state index in [9.17, 15) is 4.79 Å². The number of hydrogen-bond acceptors (Lipinski definition) is 1. The summed E-state index contributed by atoms with van der Waals surface area (Å²) in [6.45, 7) is 15.3. The van der Waals surface area contributed by atoms with Crippen molar-refractivity contribution in [3.63, 3.8) is 0 Å². The average Bonchev–Trinajstić information content (AvgIpc) is 2.45. The quantitative estimate of drug-likeness (QED) is 0.480. The summed E-state index contributed by atoms with van der Waals surface area (Å²) in [5.74, 6) is 0.555. The Morgan fingerprint density at radius 3 is 2.19 bits per heavy atom. The number of aliphatic carboxylic acids is 1. The second-order valence-electron chi connectivity index (χ2n) is 6.67. The summed E-state index contributed by atoms with van der Waals surface area (Å²) in [6.07, 6.45) is 10.2. The minimum atomic E-state index is -0.679. The highest BCUT2D eigenvalue weighted by molar-refractivity contribution is 5.66. The summed E-state index contributed by atoms with van der Waals surface area (Å²) in [4.78, 5) is 10.5. The third kappa shape index (κ3) is 13.9. The molecule has 1 N–H and O–H groups in total. The van der Waals surface area contributed by atoms with E-state index in [0.29, 0.717) is 23.7 Å². The highest BCUT2D eigenvalue weighted by Gasteiger charge is 2.13. The zero-order valence-electron chi connectivity index (χ0n) is 15.4. The van der Waals surface area contributed by atoms with Gasteiger partial charge in [-0.1, -0.05) is 67.0 Å². The summed E-state index contributed by atoms with van der Waals surface area (Å²) >= 11 is 0. The Balaban J connectivity index is 0. The zero-order chi connectivity index (χ0) is 16.9. The van der Waals surface area contributed by atoms with Crippen molar-refractivity contribution in [2.45, 2.75) is 87.0 Å². The summed E-state index contributed by atoms with van der Waals surface area (Å²) < 4.78 is 0. The highest BCUT2D eigenvalue weighted by Crippen LogP contribution is 2.26. The van der Waals surface area contributed by atoms with Gasteiger partial charge in [-0.3, -0.25) is 4.79 Å². The first-order chi connectivity index (χ1) is 9.78. The van der Waals surface area contributed by atoms with E-state index in [1.807, 2.05) is 13.8 Å². The Morgan fingerprint density at radius 1 is 1.14 bits per heavy atom. The number of carboxylic acids is 1. The van der Waals surface area contributed by atoms with Crippen LogP contribution in [0.2, 0.25) is 0 Å². The number of allylic oxidation sites excluding steroid dienone is 2. The average molecular weight is 299 g/mol. The summed E-state index contributed by atoms with van der Waals surface area (Å²) in [5, 5.41) is 8.63. The second-order valence-corrected chi connectivity index (χ2v) is 6.67. The molecule has 0 rings (SSSR count). The van der Waals surface area contributed by atoms with Gasteiger partial charge in [0, 0.05) is 6.42 Å². The molecule has 0 heterocycles. The molecular weight excluding hydrogens is 260 g/mol. The van der Waals surface area contributed by atoms with Crippen molar-refractivity contribution in [1.29, 1.82) is 0 Å². The van der Waals surface area contributed by atoms with Crippen molar-refractivity contribution in [3.05, 3.63) is 12.2 Å². The van der Waals surface area contributed by atoms with Crippen molar-refractivity contribution in [2.24, 2.45) is 17.3 Å². The number of carbonyl (C=O) groups is 1. The molecule has 0 saturated carbocycles. The van der Waals surface area contributed by atoms with Gasteiger partial charge in [-0.2, -0.15) is 0 Å². The molecule has 0 bridgehead atoms. The molecule has 2 atom stereocenters. The van der Waals surface area contributed by atoms with Crippen molar-refractivity contribution in [3.8, 4) is 0 Å². The molecule has 0 aromatic carbocycles. The first-order valence-corrected chi connectivity index (χ1v) is 8.65. The summed E-state index contributed by atoms with van der Waals surface area (Å²) in [6, 6.07) is 0. The molecule has 0 aromatic rings. The van der Waals surface area contributed by atoms with Gasteiger partial charge in [0.15, 0.2) is 0 Å².